The summed E-state index contributed by atoms with van der Waals surface area (Å²) in [6.07, 6.45) is 1.52. The van der Waals surface area contributed by atoms with Crippen LogP contribution in [0.15, 0.2) is 40.7 Å². The van der Waals surface area contributed by atoms with Crippen LogP contribution in [0, 0.1) is 0 Å². The first-order valence-corrected chi connectivity index (χ1v) is 7.98. The van der Waals surface area contributed by atoms with Crippen molar-refractivity contribution in [2.24, 2.45) is 0 Å². The highest BCUT2D eigenvalue weighted by molar-refractivity contribution is 7.92. The Kier molecular flexibility index (Phi) is 4.06. The van der Waals surface area contributed by atoms with Gasteiger partial charge < -0.3 is 4.74 Å². The average molecular weight is 298 g/mol. The normalized spacial score (nSPS) is 11.5. The summed E-state index contributed by atoms with van der Waals surface area (Å²) in [6, 6.07) is 6.31. The molecule has 19 heavy (non-hydrogen) atoms. The molecule has 1 N–H and O–H groups in total. The van der Waals surface area contributed by atoms with Crippen LogP contribution in [0.3, 0.4) is 0 Å². The van der Waals surface area contributed by atoms with Gasteiger partial charge in [-0.25, -0.2) is 8.42 Å². The number of hydrogen-bond acceptors (Lipinski definition) is 5. The zero-order valence-corrected chi connectivity index (χ0v) is 12.2. The molecule has 0 fully saturated rings. The number of ether oxygens (including phenoxy) is 1. The first-order valence-electron chi connectivity index (χ1n) is 5.66. The second kappa shape index (κ2) is 5.58. The summed E-state index contributed by atoms with van der Waals surface area (Å²) in [6.45, 7) is 3.82. The number of aromatic nitrogens is 1. The van der Waals surface area contributed by atoms with E-state index >= 15 is 0 Å². The summed E-state index contributed by atoms with van der Waals surface area (Å²) in [4.78, 5) is 0.190. The summed E-state index contributed by atoms with van der Waals surface area (Å²) >= 11 is 1.19. The smallest absolute Gasteiger partial charge is 0.261 e. The molecule has 2 aromatic rings. The van der Waals surface area contributed by atoms with E-state index in [2.05, 4.69) is 9.10 Å². The van der Waals surface area contributed by atoms with Crippen LogP contribution in [0.5, 0.6) is 5.75 Å². The van der Waals surface area contributed by atoms with Gasteiger partial charge in [0.2, 0.25) is 0 Å². The Labute approximate surface area is 116 Å². The first kappa shape index (κ1) is 13.8. The predicted molar refractivity (Wildman–Crippen MR) is 75.1 cm³/mol. The third-order valence-electron chi connectivity index (χ3n) is 2.19. The van der Waals surface area contributed by atoms with Crippen LogP contribution in [-0.2, 0) is 10.0 Å². The molecule has 0 bridgehead atoms. The van der Waals surface area contributed by atoms with Crippen molar-refractivity contribution in [1.29, 1.82) is 0 Å². The van der Waals surface area contributed by atoms with Gasteiger partial charge in [0.05, 0.1) is 22.9 Å². The molecule has 0 aliphatic rings. The van der Waals surface area contributed by atoms with Crippen molar-refractivity contribution in [2.45, 2.75) is 24.8 Å². The number of benzene rings is 1. The van der Waals surface area contributed by atoms with Gasteiger partial charge in [-0.2, -0.15) is 4.37 Å². The summed E-state index contributed by atoms with van der Waals surface area (Å²) < 4.78 is 35.9. The molecule has 0 atom stereocenters. The fraction of sp³-hybridized carbons (Fsp3) is 0.250. The van der Waals surface area contributed by atoms with E-state index in [0.29, 0.717) is 11.4 Å². The summed E-state index contributed by atoms with van der Waals surface area (Å²) in [5.74, 6) is 0.645. The van der Waals surface area contributed by atoms with Crippen LogP contribution in [0.2, 0.25) is 0 Å². The Morgan fingerprint density at radius 1 is 1.26 bits per heavy atom. The van der Waals surface area contributed by atoms with E-state index in [9.17, 15) is 8.42 Å². The van der Waals surface area contributed by atoms with Crippen LogP contribution < -0.4 is 9.46 Å². The number of hydrogen-bond donors (Lipinski definition) is 1. The topological polar surface area (TPSA) is 68.3 Å². The molecular weight excluding hydrogens is 284 g/mol. The van der Waals surface area contributed by atoms with Gasteiger partial charge in [0.1, 0.15) is 5.75 Å². The Morgan fingerprint density at radius 3 is 2.47 bits per heavy atom. The lowest BCUT2D eigenvalue weighted by Crippen LogP contribution is -2.12. The zero-order chi connectivity index (χ0) is 13.9. The molecule has 5 nitrogen and oxygen atoms in total. The lowest BCUT2D eigenvalue weighted by molar-refractivity contribution is 0.242. The van der Waals surface area contributed by atoms with Crippen molar-refractivity contribution in [2.75, 3.05) is 4.72 Å². The molecule has 0 radical (unpaired) electrons. The number of sulfonamides is 1. The zero-order valence-electron chi connectivity index (χ0n) is 10.5. The van der Waals surface area contributed by atoms with Gasteiger partial charge in [0.15, 0.2) is 0 Å². The van der Waals surface area contributed by atoms with E-state index in [1.165, 1.54) is 29.9 Å². The predicted octanol–water partition coefficient (Wildman–Crippen LogP) is 2.73. The van der Waals surface area contributed by atoms with Gasteiger partial charge >= 0.3 is 0 Å². The van der Waals surface area contributed by atoms with Crippen molar-refractivity contribution in [1.82, 2.24) is 4.37 Å². The average Bonchev–Trinajstić information content (AvgIpc) is 2.81. The molecule has 0 saturated carbocycles. The maximum absolute atomic E-state index is 12.1. The highest BCUT2D eigenvalue weighted by atomic mass is 32.2. The minimum Gasteiger partial charge on any atom is -0.491 e. The quantitative estimate of drug-likeness (QED) is 0.921. The maximum Gasteiger partial charge on any atom is 0.261 e. The molecule has 0 amide bonds. The fourth-order valence-electron chi connectivity index (χ4n) is 1.44. The first-order chi connectivity index (χ1) is 8.97. The van der Waals surface area contributed by atoms with Crippen molar-refractivity contribution in [3.05, 3.63) is 35.8 Å². The van der Waals surface area contributed by atoms with Crippen molar-refractivity contribution in [3.8, 4) is 5.75 Å². The van der Waals surface area contributed by atoms with Crippen molar-refractivity contribution in [3.63, 3.8) is 0 Å². The van der Waals surface area contributed by atoms with Gasteiger partial charge in [0.25, 0.3) is 10.0 Å². The Hall–Kier alpha value is -1.60. The third kappa shape index (κ3) is 3.68. The highest BCUT2D eigenvalue weighted by Gasteiger charge is 2.14. The fourth-order valence-corrected chi connectivity index (χ4v) is 3.02. The van der Waals surface area contributed by atoms with Gasteiger partial charge in [-0.3, -0.25) is 4.72 Å². The molecule has 1 aromatic heterocycles. The lowest BCUT2D eigenvalue weighted by atomic mass is 10.3. The van der Waals surface area contributed by atoms with E-state index in [0.717, 1.165) is 0 Å². The number of nitrogens with one attached hydrogen (secondary N) is 1. The molecule has 1 aromatic carbocycles. The molecule has 0 aliphatic carbocycles. The van der Waals surface area contributed by atoms with Gasteiger partial charge in [-0.05, 0) is 49.6 Å². The van der Waals surface area contributed by atoms with E-state index in [1.807, 2.05) is 13.8 Å². The largest absolute Gasteiger partial charge is 0.491 e. The monoisotopic (exact) mass is 298 g/mol. The van der Waals surface area contributed by atoms with Crippen LogP contribution in [0.1, 0.15) is 13.8 Å². The minimum atomic E-state index is -3.57. The van der Waals surface area contributed by atoms with Gasteiger partial charge in [0, 0.05) is 5.38 Å². The van der Waals surface area contributed by atoms with Crippen molar-refractivity contribution < 1.29 is 13.2 Å². The molecule has 0 spiro atoms. The van der Waals surface area contributed by atoms with Crippen LogP contribution >= 0.6 is 11.5 Å². The van der Waals surface area contributed by atoms with Gasteiger partial charge in [-0.15, -0.1) is 0 Å². The molecule has 2 rings (SSSR count). The second-order valence-corrected chi connectivity index (χ2v) is 6.50. The Bertz CT molecular complexity index is 620. The Balaban J connectivity index is 2.17. The number of anilines is 1. The van der Waals surface area contributed by atoms with E-state index < -0.39 is 10.0 Å². The van der Waals surface area contributed by atoms with Gasteiger partial charge in [-0.1, -0.05) is 0 Å². The molecule has 0 saturated heterocycles. The Morgan fingerprint density at radius 2 is 1.95 bits per heavy atom. The van der Waals surface area contributed by atoms with Crippen LogP contribution in [-0.4, -0.2) is 18.9 Å². The summed E-state index contributed by atoms with van der Waals surface area (Å²) in [5.41, 5.74) is 0.465. The highest BCUT2D eigenvalue weighted by Crippen LogP contribution is 2.20. The van der Waals surface area contributed by atoms with Crippen LogP contribution in [0.25, 0.3) is 0 Å². The molecule has 0 aliphatic heterocycles. The number of rotatable bonds is 5. The molecular formula is C12H14N2O3S2. The standard InChI is InChI=1S/C12H14N2O3S2/c1-9(2)17-11-3-5-12(6-4-11)19(15,16)14-10-7-13-18-8-10/h3-9,14H,1-2H3. The third-order valence-corrected chi connectivity index (χ3v) is 4.17. The number of nitrogens with zero attached hydrogens (tertiary/aromatic N) is 1. The lowest BCUT2D eigenvalue weighted by Gasteiger charge is -2.10. The van der Waals surface area contributed by atoms with E-state index in [4.69, 9.17) is 4.74 Å². The summed E-state index contributed by atoms with van der Waals surface area (Å²) in [7, 11) is -3.57. The SMILES string of the molecule is CC(C)Oc1ccc(S(=O)(=O)Nc2cnsc2)cc1. The van der Waals surface area contributed by atoms with Crippen molar-refractivity contribution >= 4 is 27.2 Å². The minimum absolute atomic E-state index is 0.0532. The molecule has 1 heterocycles. The van der Waals surface area contributed by atoms with Crippen LogP contribution in [0.4, 0.5) is 5.69 Å². The summed E-state index contributed by atoms with van der Waals surface area (Å²) in [5, 5.41) is 1.63. The van der Waals surface area contributed by atoms with E-state index in [1.54, 1.807) is 17.5 Å². The molecule has 0 unspecified atom stereocenters. The van der Waals surface area contributed by atoms with E-state index in [-0.39, 0.29) is 11.0 Å². The maximum atomic E-state index is 12.1. The molecule has 102 valence electrons. The second-order valence-electron chi connectivity index (χ2n) is 4.16. The molecule has 7 heteroatoms.